The minimum atomic E-state index is -0.999. The molecule has 0 aliphatic heterocycles. The highest BCUT2D eigenvalue weighted by Crippen LogP contribution is 2.17. The van der Waals surface area contributed by atoms with Crippen LogP contribution in [0, 0.1) is 0 Å². The highest BCUT2D eigenvalue weighted by Gasteiger charge is 2.20. The number of Topliss-reactive ketones (excluding diaryl/α,β-unsaturated/α-hetero) is 1. The highest BCUT2D eigenvalue weighted by atomic mass is 35.5. The van der Waals surface area contributed by atoms with E-state index in [9.17, 15) is 14.4 Å². The Hall–Kier alpha value is -2.66. The van der Waals surface area contributed by atoms with E-state index in [0.717, 1.165) is 0 Å². The van der Waals surface area contributed by atoms with E-state index in [0.29, 0.717) is 11.3 Å². The van der Waals surface area contributed by atoms with E-state index in [1.165, 1.54) is 19.9 Å². The number of amides is 1. The number of carbonyl (C=O) groups is 3. The minimum absolute atomic E-state index is 0.0603. The maximum atomic E-state index is 12.1. The zero-order chi connectivity index (χ0) is 17.7. The van der Waals surface area contributed by atoms with Crippen LogP contribution in [0.2, 0.25) is 5.02 Å². The van der Waals surface area contributed by atoms with Crippen LogP contribution in [0.4, 0.5) is 5.69 Å². The van der Waals surface area contributed by atoms with Gasteiger partial charge in [0.2, 0.25) is 0 Å². The van der Waals surface area contributed by atoms with Gasteiger partial charge in [-0.3, -0.25) is 9.59 Å². The number of carbonyl (C=O) groups excluding carboxylic acids is 3. The second-order valence-corrected chi connectivity index (χ2v) is 5.56. The lowest BCUT2D eigenvalue weighted by molar-refractivity contribution is -0.123. The Kier molecular flexibility index (Phi) is 5.71. The maximum Gasteiger partial charge on any atom is 0.340 e. The van der Waals surface area contributed by atoms with Crippen LogP contribution in [-0.2, 0) is 9.53 Å². The topological polar surface area (TPSA) is 72.5 Å². The number of esters is 1. The quantitative estimate of drug-likeness (QED) is 0.662. The van der Waals surface area contributed by atoms with Gasteiger partial charge in [-0.25, -0.2) is 4.79 Å². The largest absolute Gasteiger partial charge is 0.449 e. The number of rotatable bonds is 5. The van der Waals surface area contributed by atoms with Crippen LogP contribution < -0.4 is 5.32 Å². The summed E-state index contributed by atoms with van der Waals surface area (Å²) in [6.07, 6.45) is -0.999. The lowest BCUT2D eigenvalue weighted by Gasteiger charge is -2.14. The van der Waals surface area contributed by atoms with Gasteiger partial charge in [0.05, 0.1) is 10.6 Å². The monoisotopic (exact) mass is 345 g/mol. The number of nitrogens with one attached hydrogen (secondary N) is 1. The molecule has 1 N–H and O–H groups in total. The second kappa shape index (κ2) is 7.75. The number of hydrogen-bond donors (Lipinski definition) is 1. The first-order chi connectivity index (χ1) is 11.4. The third kappa shape index (κ3) is 4.43. The smallest absolute Gasteiger partial charge is 0.340 e. The SMILES string of the molecule is CC(=O)c1ccc(NC(=O)[C@@H](C)OC(=O)c2ccccc2Cl)cc1. The molecular formula is C18H16ClNO4. The van der Waals surface area contributed by atoms with Crippen molar-refractivity contribution in [3.63, 3.8) is 0 Å². The van der Waals surface area contributed by atoms with Crippen LogP contribution in [0.15, 0.2) is 48.5 Å². The fourth-order valence-electron chi connectivity index (χ4n) is 1.94. The summed E-state index contributed by atoms with van der Waals surface area (Å²) in [5.74, 6) is -1.21. The van der Waals surface area contributed by atoms with Crippen molar-refractivity contribution in [3.8, 4) is 0 Å². The van der Waals surface area contributed by atoms with E-state index >= 15 is 0 Å². The van der Waals surface area contributed by atoms with Gasteiger partial charge in [-0.1, -0.05) is 23.7 Å². The van der Waals surface area contributed by atoms with E-state index < -0.39 is 18.0 Å². The summed E-state index contributed by atoms with van der Waals surface area (Å²) in [7, 11) is 0. The van der Waals surface area contributed by atoms with Crippen LogP contribution in [0.25, 0.3) is 0 Å². The lowest BCUT2D eigenvalue weighted by atomic mass is 10.1. The molecule has 0 heterocycles. The molecule has 0 unspecified atom stereocenters. The summed E-state index contributed by atoms with van der Waals surface area (Å²) in [6, 6.07) is 12.9. The molecule has 5 nitrogen and oxygen atoms in total. The summed E-state index contributed by atoms with van der Waals surface area (Å²) in [5.41, 5.74) is 1.25. The number of halogens is 1. The Labute approximate surface area is 144 Å². The predicted molar refractivity (Wildman–Crippen MR) is 91.4 cm³/mol. The molecule has 0 aliphatic carbocycles. The average Bonchev–Trinajstić information content (AvgIpc) is 2.55. The second-order valence-electron chi connectivity index (χ2n) is 5.15. The van der Waals surface area contributed by atoms with E-state index in [1.54, 1.807) is 42.5 Å². The molecule has 0 fully saturated rings. The standard InChI is InChI=1S/C18H16ClNO4/c1-11(21)13-7-9-14(10-8-13)20-17(22)12(2)24-18(23)15-5-3-4-6-16(15)19/h3-10,12H,1-2H3,(H,20,22)/t12-/m1/s1. The van der Waals surface area contributed by atoms with Crippen molar-refractivity contribution >= 4 is 34.9 Å². The normalized spacial score (nSPS) is 11.5. The van der Waals surface area contributed by atoms with Crippen LogP contribution in [0.1, 0.15) is 34.6 Å². The first-order valence-corrected chi connectivity index (χ1v) is 7.63. The number of hydrogen-bond acceptors (Lipinski definition) is 4. The van der Waals surface area contributed by atoms with E-state index in [1.807, 2.05) is 0 Å². The third-order valence-corrected chi connectivity index (χ3v) is 3.64. The molecule has 2 aromatic rings. The van der Waals surface area contributed by atoms with Crippen molar-refractivity contribution < 1.29 is 19.1 Å². The molecule has 124 valence electrons. The van der Waals surface area contributed by atoms with Crippen LogP contribution in [0.3, 0.4) is 0 Å². The Morgan fingerprint density at radius 2 is 1.67 bits per heavy atom. The lowest BCUT2D eigenvalue weighted by Crippen LogP contribution is -2.30. The summed E-state index contributed by atoms with van der Waals surface area (Å²) in [5, 5.41) is 2.88. The molecule has 0 radical (unpaired) electrons. The average molecular weight is 346 g/mol. The predicted octanol–water partition coefficient (Wildman–Crippen LogP) is 3.73. The van der Waals surface area contributed by atoms with E-state index in [2.05, 4.69) is 5.32 Å². The molecule has 2 rings (SSSR count). The Morgan fingerprint density at radius 3 is 2.25 bits per heavy atom. The van der Waals surface area contributed by atoms with Crippen LogP contribution >= 0.6 is 11.6 Å². The van der Waals surface area contributed by atoms with E-state index in [-0.39, 0.29) is 16.4 Å². The van der Waals surface area contributed by atoms with Gasteiger partial charge in [0, 0.05) is 11.3 Å². The highest BCUT2D eigenvalue weighted by molar-refractivity contribution is 6.33. The van der Waals surface area contributed by atoms with Crippen molar-refractivity contribution in [3.05, 3.63) is 64.7 Å². The van der Waals surface area contributed by atoms with Gasteiger partial charge in [0.25, 0.3) is 5.91 Å². The molecule has 2 aromatic carbocycles. The van der Waals surface area contributed by atoms with Crippen molar-refractivity contribution in [2.24, 2.45) is 0 Å². The zero-order valence-electron chi connectivity index (χ0n) is 13.2. The van der Waals surface area contributed by atoms with Gasteiger partial charge in [-0.15, -0.1) is 0 Å². The van der Waals surface area contributed by atoms with Crippen molar-refractivity contribution in [1.82, 2.24) is 0 Å². The molecule has 1 amide bonds. The fraction of sp³-hybridized carbons (Fsp3) is 0.167. The number of anilines is 1. The van der Waals surface area contributed by atoms with Crippen molar-refractivity contribution in [1.29, 1.82) is 0 Å². The molecule has 6 heteroatoms. The number of benzene rings is 2. The summed E-state index contributed by atoms with van der Waals surface area (Å²) in [4.78, 5) is 35.3. The van der Waals surface area contributed by atoms with Gasteiger partial charge in [-0.2, -0.15) is 0 Å². The molecular weight excluding hydrogens is 330 g/mol. The number of ether oxygens (including phenoxy) is 1. The Balaban J connectivity index is 1.98. The molecule has 0 saturated carbocycles. The van der Waals surface area contributed by atoms with Gasteiger partial charge in [-0.05, 0) is 50.2 Å². The molecule has 0 spiro atoms. The van der Waals surface area contributed by atoms with Crippen LogP contribution in [0.5, 0.6) is 0 Å². The summed E-state index contributed by atoms with van der Waals surface area (Å²) in [6.45, 7) is 2.93. The zero-order valence-corrected chi connectivity index (χ0v) is 14.0. The van der Waals surface area contributed by atoms with Crippen LogP contribution in [-0.4, -0.2) is 23.8 Å². The molecule has 24 heavy (non-hydrogen) atoms. The first-order valence-electron chi connectivity index (χ1n) is 7.26. The maximum absolute atomic E-state index is 12.1. The first kappa shape index (κ1) is 17.7. The van der Waals surface area contributed by atoms with Gasteiger partial charge >= 0.3 is 5.97 Å². The molecule has 0 aliphatic rings. The molecule has 0 saturated heterocycles. The van der Waals surface area contributed by atoms with E-state index in [4.69, 9.17) is 16.3 Å². The number of ketones is 1. The summed E-state index contributed by atoms with van der Waals surface area (Å²) < 4.78 is 5.12. The molecule has 0 aromatic heterocycles. The van der Waals surface area contributed by atoms with Gasteiger partial charge in [0.15, 0.2) is 11.9 Å². The minimum Gasteiger partial charge on any atom is -0.449 e. The van der Waals surface area contributed by atoms with Crippen molar-refractivity contribution in [2.45, 2.75) is 20.0 Å². The summed E-state index contributed by atoms with van der Waals surface area (Å²) >= 11 is 5.92. The molecule has 1 atom stereocenters. The Morgan fingerprint density at radius 1 is 1.04 bits per heavy atom. The van der Waals surface area contributed by atoms with Gasteiger partial charge < -0.3 is 10.1 Å². The fourth-order valence-corrected chi connectivity index (χ4v) is 2.15. The van der Waals surface area contributed by atoms with Gasteiger partial charge in [0.1, 0.15) is 0 Å². The Bertz CT molecular complexity index is 771. The van der Waals surface area contributed by atoms with Crippen molar-refractivity contribution in [2.75, 3.05) is 5.32 Å². The third-order valence-electron chi connectivity index (χ3n) is 3.31. The molecule has 0 bridgehead atoms.